The van der Waals surface area contributed by atoms with Gasteiger partial charge >= 0.3 is 0 Å². The lowest BCUT2D eigenvalue weighted by Crippen LogP contribution is -2.48. The Morgan fingerprint density at radius 3 is 2.60 bits per heavy atom. The molecule has 112 valence electrons. The minimum atomic E-state index is -0.628. The average molecular weight is 282 g/mol. The van der Waals surface area contributed by atoms with Crippen molar-refractivity contribution in [2.24, 2.45) is 0 Å². The maximum Gasteiger partial charge on any atom is 0.123 e. The second-order valence-corrected chi connectivity index (χ2v) is 5.21. The van der Waals surface area contributed by atoms with Gasteiger partial charge in [0.2, 0.25) is 0 Å². The van der Waals surface area contributed by atoms with Gasteiger partial charge in [-0.1, -0.05) is 12.1 Å². The van der Waals surface area contributed by atoms with Gasteiger partial charge in [-0.05, 0) is 17.7 Å². The van der Waals surface area contributed by atoms with Crippen LogP contribution in [0.5, 0.6) is 0 Å². The Morgan fingerprint density at radius 2 is 1.95 bits per heavy atom. The van der Waals surface area contributed by atoms with Gasteiger partial charge < -0.3 is 9.84 Å². The number of hydrogen-bond donors (Lipinski definition) is 1. The van der Waals surface area contributed by atoms with E-state index in [9.17, 15) is 9.50 Å². The third-order valence-corrected chi connectivity index (χ3v) is 3.74. The number of benzene rings is 1. The van der Waals surface area contributed by atoms with Crippen LogP contribution < -0.4 is 0 Å². The van der Waals surface area contributed by atoms with E-state index < -0.39 is 6.10 Å². The van der Waals surface area contributed by atoms with Gasteiger partial charge in [-0.3, -0.25) is 9.80 Å². The normalized spacial score (nSPS) is 19.1. The third kappa shape index (κ3) is 4.52. The Kier molecular flexibility index (Phi) is 5.91. The lowest BCUT2D eigenvalue weighted by molar-refractivity contribution is 0.0610. The van der Waals surface area contributed by atoms with Crippen molar-refractivity contribution >= 4 is 0 Å². The number of aliphatic hydroxyl groups is 1. The second-order valence-electron chi connectivity index (χ2n) is 5.21. The largest absolute Gasteiger partial charge is 0.387 e. The number of hydrogen-bond acceptors (Lipinski definition) is 4. The molecule has 0 aliphatic carbocycles. The van der Waals surface area contributed by atoms with Crippen LogP contribution in [-0.4, -0.2) is 67.9 Å². The zero-order valence-electron chi connectivity index (χ0n) is 12.0. The maximum absolute atomic E-state index is 13.1. The van der Waals surface area contributed by atoms with E-state index in [-0.39, 0.29) is 5.82 Å². The van der Waals surface area contributed by atoms with Gasteiger partial charge in [-0.2, -0.15) is 0 Å². The van der Waals surface area contributed by atoms with E-state index in [1.165, 1.54) is 12.1 Å². The first-order valence-corrected chi connectivity index (χ1v) is 7.06. The summed E-state index contributed by atoms with van der Waals surface area (Å²) < 4.78 is 18.2. The smallest absolute Gasteiger partial charge is 0.123 e. The number of β-amino-alcohol motifs (C(OH)–C–C–N with tert-alkyl or cyclic N) is 1. The summed E-state index contributed by atoms with van der Waals surface area (Å²) in [6.45, 7) is 6.09. The van der Waals surface area contributed by atoms with Crippen molar-refractivity contribution in [1.29, 1.82) is 0 Å². The molecule has 0 radical (unpaired) electrons. The molecular weight excluding hydrogens is 259 g/mol. The predicted molar refractivity (Wildman–Crippen MR) is 76.1 cm³/mol. The van der Waals surface area contributed by atoms with Gasteiger partial charge in [0.05, 0.1) is 12.7 Å². The Morgan fingerprint density at radius 1 is 1.25 bits per heavy atom. The summed E-state index contributed by atoms with van der Waals surface area (Å²) in [6.07, 6.45) is -0.628. The first-order chi connectivity index (χ1) is 9.69. The fourth-order valence-corrected chi connectivity index (χ4v) is 2.48. The molecule has 4 nitrogen and oxygen atoms in total. The molecule has 0 spiro atoms. The van der Waals surface area contributed by atoms with Gasteiger partial charge in [0.25, 0.3) is 0 Å². The summed E-state index contributed by atoms with van der Waals surface area (Å²) >= 11 is 0. The van der Waals surface area contributed by atoms with Crippen molar-refractivity contribution in [1.82, 2.24) is 9.80 Å². The molecule has 5 heteroatoms. The van der Waals surface area contributed by atoms with Crippen molar-refractivity contribution in [3.63, 3.8) is 0 Å². The molecular formula is C15H23FN2O2. The van der Waals surface area contributed by atoms with Crippen molar-refractivity contribution in [2.75, 3.05) is 53.0 Å². The van der Waals surface area contributed by atoms with Crippen LogP contribution in [0, 0.1) is 5.82 Å². The minimum absolute atomic E-state index is 0.300. The number of halogens is 1. The van der Waals surface area contributed by atoms with Gasteiger partial charge in [0.15, 0.2) is 0 Å². The molecule has 1 atom stereocenters. The lowest BCUT2D eigenvalue weighted by Gasteiger charge is -2.35. The van der Waals surface area contributed by atoms with Crippen LogP contribution in [0.1, 0.15) is 11.7 Å². The molecule has 1 aliphatic heterocycles. The fraction of sp³-hybridized carbons (Fsp3) is 0.600. The van der Waals surface area contributed by atoms with Crippen LogP contribution in [0.15, 0.2) is 24.3 Å². The molecule has 0 amide bonds. The number of rotatable bonds is 6. The van der Waals surface area contributed by atoms with Crippen LogP contribution in [0.4, 0.5) is 4.39 Å². The highest BCUT2D eigenvalue weighted by Gasteiger charge is 2.19. The maximum atomic E-state index is 13.1. The van der Waals surface area contributed by atoms with Crippen molar-refractivity contribution in [2.45, 2.75) is 6.10 Å². The van der Waals surface area contributed by atoms with Crippen LogP contribution in [-0.2, 0) is 4.74 Å². The standard InChI is InChI=1S/C15H23FN2O2/c1-20-10-9-17-5-7-18(8-6-17)12-15(19)13-3-2-4-14(16)11-13/h2-4,11,15,19H,5-10,12H2,1H3/t15-/m1/s1. The Balaban J connectivity index is 1.77. The Labute approximate surface area is 119 Å². The van der Waals surface area contributed by atoms with E-state index >= 15 is 0 Å². The van der Waals surface area contributed by atoms with Crippen LogP contribution in [0.3, 0.4) is 0 Å². The van der Waals surface area contributed by atoms with Gasteiger partial charge in [0, 0.05) is 46.4 Å². The van der Waals surface area contributed by atoms with Crippen LogP contribution in [0.2, 0.25) is 0 Å². The second kappa shape index (κ2) is 7.69. The van der Waals surface area contributed by atoms with E-state index in [2.05, 4.69) is 9.80 Å². The Bertz CT molecular complexity index is 409. The minimum Gasteiger partial charge on any atom is -0.387 e. The quantitative estimate of drug-likeness (QED) is 0.848. The molecule has 1 heterocycles. The summed E-state index contributed by atoms with van der Waals surface area (Å²) in [7, 11) is 1.71. The first kappa shape index (κ1) is 15.4. The van der Waals surface area contributed by atoms with Gasteiger partial charge in [0.1, 0.15) is 5.82 Å². The SMILES string of the molecule is COCCN1CCN(C[C@@H](O)c2cccc(F)c2)CC1. The third-order valence-electron chi connectivity index (χ3n) is 3.74. The highest BCUT2D eigenvalue weighted by Crippen LogP contribution is 2.16. The topological polar surface area (TPSA) is 35.9 Å². The summed E-state index contributed by atoms with van der Waals surface area (Å²) in [5, 5.41) is 10.2. The summed E-state index contributed by atoms with van der Waals surface area (Å²) in [5.74, 6) is -0.300. The zero-order valence-corrected chi connectivity index (χ0v) is 12.0. The van der Waals surface area contributed by atoms with Gasteiger partial charge in [-0.25, -0.2) is 4.39 Å². The molecule has 0 aromatic heterocycles. The van der Waals surface area contributed by atoms with E-state index in [4.69, 9.17) is 4.74 Å². The number of aliphatic hydroxyl groups excluding tert-OH is 1. The molecule has 0 saturated carbocycles. The van der Waals surface area contributed by atoms with E-state index in [1.807, 2.05) is 0 Å². The summed E-state index contributed by atoms with van der Waals surface area (Å²) in [4.78, 5) is 4.58. The van der Waals surface area contributed by atoms with E-state index in [0.717, 1.165) is 39.3 Å². The summed E-state index contributed by atoms with van der Waals surface area (Å²) in [6, 6.07) is 6.20. The average Bonchev–Trinajstić information content (AvgIpc) is 2.46. The molecule has 1 aromatic rings. The number of methoxy groups -OCH3 is 1. The molecule has 0 unspecified atom stereocenters. The molecule has 20 heavy (non-hydrogen) atoms. The number of ether oxygens (including phenoxy) is 1. The molecule has 1 saturated heterocycles. The van der Waals surface area contributed by atoms with Crippen LogP contribution in [0.25, 0.3) is 0 Å². The predicted octanol–water partition coefficient (Wildman–Crippen LogP) is 1.12. The molecule has 1 N–H and O–H groups in total. The van der Waals surface area contributed by atoms with E-state index in [1.54, 1.807) is 19.2 Å². The Hall–Kier alpha value is -1.01. The van der Waals surface area contributed by atoms with Crippen molar-refractivity contribution in [3.05, 3.63) is 35.6 Å². The monoisotopic (exact) mass is 282 g/mol. The fourth-order valence-electron chi connectivity index (χ4n) is 2.48. The van der Waals surface area contributed by atoms with E-state index in [0.29, 0.717) is 12.1 Å². The molecule has 1 fully saturated rings. The number of nitrogens with zero attached hydrogens (tertiary/aromatic N) is 2. The molecule has 2 rings (SSSR count). The molecule has 1 aliphatic rings. The highest BCUT2D eigenvalue weighted by atomic mass is 19.1. The zero-order chi connectivity index (χ0) is 14.4. The lowest BCUT2D eigenvalue weighted by atomic mass is 10.1. The van der Waals surface area contributed by atoms with Gasteiger partial charge in [-0.15, -0.1) is 0 Å². The van der Waals surface area contributed by atoms with Crippen LogP contribution >= 0.6 is 0 Å². The summed E-state index contributed by atoms with van der Waals surface area (Å²) in [5.41, 5.74) is 0.645. The first-order valence-electron chi connectivity index (χ1n) is 7.06. The molecule has 0 bridgehead atoms. The highest BCUT2D eigenvalue weighted by molar-refractivity contribution is 5.19. The molecule has 1 aromatic carbocycles. The van der Waals surface area contributed by atoms with Crippen molar-refractivity contribution < 1.29 is 14.2 Å². The number of piperazine rings is 1. The van der Waals surface area contributed by atoms with Crippen molar-refractivity contribution in [3.8, 4) is 0 Å².